The van der Waals surface area contributed by atoms with Gasteiger partial charge in [0.1, 0.15) is 0 Å². The van der Waals surface area contributed by atoms with Crippen molar-refractivity contribution in [2.75, 3.05) is 13.2 Å². The summed E-state index contributed by atoms with van der Waals surface area (Å²) < 4.78 is 41.7. The number of hydrogen-bond acceptors (Lipinski definition) is 6. The van der Waals surface area contributed by atoms with E-state index in [2.05, 4.69) is 0 Å². The van der Waals surface area contributed by atoms with E-state index in [0.29, 0.717) is 6.42 Å². The average Bonchev–Trinajstić information content (AvgIpc) is 2.45. The van der Waals surface area contributed by atoms with Gasteiger partial charge < -0.3 is 10.9 Å². The van der Waals surface area contributed by atoms with E-state index < -0.39 is 33.2 Å². The fraction of sp³-hybridized carbons (Fsp3) is 0.882. The minimum absolute atomic E-state index is 0. The van der Waals surface area contributed by atoms with E-state index >= 15 is 0 Å². The minimum atomic E-state index is -4.88. The molecule has 0 aliphatic carbocycles. The molecule has 1 atom stereocenters. The number of hydrogen-bond donors (Lipinski definition) is 1. The van der Waals surface area contributed by atoms with Crippen LogP contribution in [0.15, 0.2) is 0 Å². The van der Waals surface area contributed by atoms with Crippen LogP contribution in [-0.4, -0.2) is 42.9 Å². The number of esters is 2. The van der Waals surface area contributed by atoms with Crippen LogP contribution >= 0.6 is 0 Å². The van der Waals surface area contributed by atoms with Crippen molar-refractivity contribution >= 4 is 22.1 Å². The maximum Gasteiger partial charge on any atom is 1.00 e. The molecule has 0 aliphatic rings. The Labute approximate surface area is 181 Å². The average molecular weight is 405 g/mol. The molecule has 150 valence electrons. The summed E-state index contributed by atoms with van der Waals surface area (Å²) in [4.78, 5) is 24.6. The van der Waals surface area contributed by atoms with Crippen molar-refractivity contribution in [1.29, 1.82) is 0 Å². The fourth-order valence-corrected chi connectivity index (χ4v) is 2.97. The summed E-state index contributed by atoms with van der Waals surface area (Å²) in [5.74, 6) is -1.83. The second-order valence-corrected chi connectivity index (χ2v) is 9.38. The van der Waals surface area contributed by atoms with Gasteiger partial charge in [0.05, 0.1) is 19.6 Å². The zero-order valence-corrected chi connectivity index (χ0v) is 19.9. The first kappa shape index (κ1) is 28.1. The Morgan fingerprint density at radius 2 is 1.42 bits per heavy atom. The van der Waals surface area contributed by atoms with Crippen LogP contribution in [0.4, 0.5) is 0 Å². The van der Waals surface area contributed by atoms with Crippen LogP contribution in [0.5, 0.6) is 0 Å². The summed E-state index contributed by atoms with van der Waals surface area (Å²) in [6.45, 7) is 11.1. The number of rotatable bonds is 11. The van der Waals surface area contributed by atoms with Gasteiger partial charge in [0.15, 0.2) is 0 Å². The van der Waals surface area contributed by atoms with E-state index in [1.165, 1.54) is 0 Å². The quantitative estimate of drug-likeness (QED) is 0.292. The van der Waals surface area contributed by atoms with Crippen LogP contribution < -0.4 is 29.6 Å². The minimum Gasteiger partial charge on any atom is -1.00 e. The summed E-state index contributed by atoms with van der Waals surface area (Å²) >= 11 is 0. The van der Waals surface area contributed by atoms with Crippen LogP contribution in [0.1, 0.15) is 62.2 Å². The number of carbonyl (C=O) groups excluding carboxylic acids is 2. The number of ether oxygens (including phenoxy) is 2. The van der Waals surface area contributed by atoms with E-state index in [4.69, 9.17) is 9.47 Å². The monoisotopic (exact) mass is 404 g/mol. The summed E-state index contributed by atoms with van der Waals surface area (Å²) in [5.41, 5.74) is 0. The molecule has 0 amide bonds. The van der Waals surface area contributed by atoms with Crippen LogP contribution in [0.3, 0.4) is 0 Å². The molecule has 0 aromatic rings. The van der Waals surface area contributed by atoms with E-state index in [1.807, 2.05) is 27.7 Å². The van der Waals surface area contributed by atoms with Gasteiger partial charge in [-0.25, -0.2) is 0 Å². The van der Waals surface area contributed by atoms with Crippen molar-refractivity contribution in [1.82, 2.24) is 0 Å². The fourth-order valence-electron chi connectivity index (χ4n) is 2.03. The van der Waals surface area contributed by atoms with Crippen LogP contribution in [0, 0.1) is 17.8 Å². The second kappa shape index (κ2) is 12.3. The molecular formula is C17H33NaO7S. The Morgan fingerprint density at radius 3 is 1.81 bits per heavy atom. The van der Waals surface area contributed by atoms with Gasteiger partial charge in [-0.15, -0.1) is 0 Å². The molecule has 0 fully saturated rings. The van der Waals surface area contributed by atoms with Gasteiger partial charge in [0.2, 0.25) is 4.75 Å². The number of carbonyl (C=O) groups is 2. The molecule has 0 heterocycles. The Hall–Kier alpha value is -0.150. The first-order valence-corrected chi connectivity index (χ1v) is 10.1. The van der Waals surface area contributed by atoms with Crippen LogP contribution in [0.2, 0.25) is 0 Å². The molecule has 7 nitrogen and oxygen atoms in total. The summed E-state index contributed by atoms with van der Waals surface area (Å²) in [6.07, 6.45) is -0.645. The summed E-state index contributed by atoms with van der Waals surface area (Å²) in [7, 11) is -4.88. The SMILES string of the molecule is CC(C)CCC(CC(=O)OCC(C)C)(C(=O)OCC(C)C)S(=O)(=O)O.[H-].[Na+]. The van der Waals surface area contributed by atoms with Crippen molar-refractivity contribution in [2.45, 2.75) is 65.6 Å². The maximum atomic E-state index is 12.5. The smallest absolute Gasteiger partial charge is 1.00 e. The normalized spacial score (nSPS) is 14.1. The topological polar surface area (TPSA) is 107 Å². The molecule has 0 rings (SSSR count). The van der Waals surface area contributed by atoms with Gasteiger partial charge in [-0.2, -0.15) is 8.42 Å². The predicted octanol–water partition coefficient (Wildman–Crippen LogP) is -0.0458. The van der Waals surface area contributed by atoms with E-state index in [-0.39, 0.29) is 68.4 Å². The molecular weight excluding hydrogens is 371 g/mol. The van der Waals surface area contributed by atoms with Crippen LogP contribution in [-0.2, 0) is 29.2 Å². The third-order valence-electron chi connectivity index (χ3n) is 3.55. The summed E-state index contributed by atoms with van der Waals surface area (Å²) in [5, 5.41) is 0. The standard InChI is InChI=1S/C17H32O7S.Na.H/c1-12(2)7-8-17(25(20,21)22,16(19)24-11-14(5)6)9-15(18)23-10-13(3)4;;/h12-14H,7-11H2,1-6H3,(H,20,21,22);;/q;+1;-1. The summed E-state index contributed by atoms with van der Waals surface area (Å²) in [6, 6.07) is 0. The van der Waals surface area contributed by atoms with Gasteiger partial charge in [-0.05, 0) is 30.6 Å². The molecule has 1 N–H and O–H groups in total. The molecule has 0 spiro atoms. The van der Waals surface area contributed by atoms with E-state index in [9.17, 15) is 22.6 Å². The Morgan fingerprint density at radius 1 is 0.962 bits per heavy atom. The third kappa shape index (κ3) is 9.69. The van der Waals surface area contributed by atoms with Crippen LogP contribution in [0.25, 0.3) is 0 Å². The van der Waals surface area contributed by atoms with Crippen molar-refractivity contribution < 1.29 is 63.0 Å². The Balaban J connectivity index is -0.00000288. The largest absolute Gasteiger partial charge is 1.00 e. The molecule has 9 heteroatoms. The van der Waals surface area contributed by atoms with Gasteiger partial charge in [0, 0.05) is 0 Å². The molecule has 0 aromatic carbocycles. The molecule has 26 heavy (non-hydrogen) atoms. The third-order valence-corrected chi connectivity index (χ3v) is 5.05. The van der Waals surface area contributed by atoms with Gasteiger partial charge in [-0.1, -0.05) is 41.5 Å². The van der Waals surface area contributed by atoms with E-state index in [1.54, 1.807) is 13.8 Å². The molecule has 0 aliphatic heterocycles. The van der Waals surface area contributed by atoms with Crippen molar-refractivity contribution in [3.05, 3.63) is 0 Å². The first-order chi connectivity index (χ1) is 11.3. The molecule has 0 saturated heterocycles. The maximum absolute atomic E-state index is 12.5. The molecule has 0 saturated carbocycles. The van der Waals surface area contributed by atoms with Crippen molar-refractivity contribution in [2.24, 2.45) is 17.8 Å². The van der Waals surface area contributed by atoms with Gasteiger partial charge in [0.25, 0.3) is 10.1 Å². The zero-order chi connectivity index (χ0) is 19.8. The van der Waals surface area contributed by atoms with E-state index in [0.717, 1.165) is 0 Å². The van der Waals surface area contributed by atoms with Crippen molar-refractivity contribution in [3.8, 4) is 0 Å². The zero-order valence-electron chi connectivity index (χ0n) is 18.1. The second-order valence-electron chi connectivity index (χ2n) is 7.65. The molecule has 1 unspecified atom stereocenters. The van der Waals surface area contributed by atoms with Crippen molar-refractivity contribution in [3.63, 3.8) is 0 Å². The van der Waals surface area contributed by atoms with Gasteiger partial charge in [-0.3, -0.25) is 14.1 Å². The predicted molar refractivity (Wildman–Crippen MR) is 95.7 cm³/mol. The Bertz CT molecular complexity index is 549. The molecule has 0 aromatic heterocycles. The van der Waals surface area contributed by atoms with Gasteiger partial charge >= 0.3 is 41.5 Å². The first-order valence-electron chi connectivity index (χ1n) is 8.61. The molecule has 0 bridgehead atoms. The molecule has 0 radical (unpaired) electrons. The Kier molecular flexibility index (Phi) is 13.3.